The van der Waals surface area contributed by atoms with Crippen molar-refractivity contribution in [2.45, 2.75) is 32.2 Å². The summed E-state index contributed by atoms with van der Waals surface area (Å²) >= 11 is 0. The van der Waals surface area contributed by atoms with Crippen LogP contribution in [0.3, 0.4) is 0 Å². The zero-order chi connectivity index (χ0) is 14.5. The number of para-hydroxylation sites is 1. The smallest absolute Gasteiger partial charge is 0.326 e. The summed E-state index contributed by atoms with van der Waals surface area (Å²) in [5.74, 6) is -1.22. The molecule has 1 unspecified atom stereocenters. The highest BCUT2D eigenvalue weighted by Crippen LogP contribution is 2.18. The van der Waals surface area contributed by atoms with Gasteiger partial charge in [-0.3, -0.25) is 4.79 Å². The molecule has 5 heteroatoms. The number of aromatic amines is 1. The lowest BCUT2D eigenvalue weighted by atomic mass is 10.1. The maximum Gasteiger partial charge on any atom is 0.326 e. The quantitative estimate of drug-likeness (QED) is 0.754. The van der Waals surface area contributed by atoms with Crippen LogP contribution in [0.5, 0.6) is 0 Å². The number of aliphatic carboxylic acids is 1. The fourth-order valence-electron chi connectivity index (χ4n) is 2.19. The van der Waals surface area contributed by atoms with Gasteiger partial charge in [0.2, 0.25) is 5.91 Å². The Morgan fingerprint density at radius 2 is 2.10 bits per heavy atom. The Labute approximate surface area is 117 Å². The normalized spacial score (nSPS) is 12.2. The van der Waals surface area contributed by atoms with Gasteiger partial charge >= 0.3 is 5.97 Å². The molecule has 0 aliphatic rings. The van der Waals surface area contributed by atoms with Gasteiger partial charge in [0.15, 0.2) is 0 Å². The van der Waals surface area contributed by atoms with Crippen LogP contribution < -0.4 is 5.32 Å². The van der Waals surface area contributed by atoms with E-state index in [2.05, 4.69) is 10.3 Å². The number of carboxylic acids is 1. The number of carbonyl (C=O) groups is 2. The van der Waals surface area contributed by atoms with Crippen LogP contribution in [0.1, 0.15) is 25.3 Å². The second-order valence-electron chi connectivity index (χ2n) is 4.73. The molecule has 20 heavy (non-hydrogen) atoms. The maximum atomic E-state index is 11.8. The molecule has 0 saturated heterocycles. The lowest BCUT2D eigenvalue weighted by Gasteiger charge is -2.11. The van der Waals surface area contributed by atoms with Crippen LogP contribution in [0, 0.1) is 0 Å². The lowest BCUT2D eigenvalue weighted by Crippen LogP contribution is -2.40. The van der Waals surface area contributed by atoms with Crippen molar-refractivity contribution >= 4 is 22.8 Å². The number of benzene rings is 1. The molecule has 0 fully saturated rings. The predicted molar refractivity (Wildman–Crippen MR) is 76.5 cm³/mol. The van der Waals surface area contributed by atoms with Gasteiger partial charge in [-0.25, -0.2) is 4.79 Å². The van der Waals surface area contributed by atoms with E-state index in [1.807, 2.05) is 30.5 Å². The van der Waals surface area contributed by atoms with Crippen LogP contribution in [0.2, 0.25) is 0 Å². The molecule has 0 bridgehead atoms. The van der Waals surface area contributed by atoms with E-state index in [-0.39, 0.29) is 12.3 Å². The van der Waals surface area contributed by atoms with Gasteiger partial charge in [0, 0.05) is 23.5 Å². The zero-order valence-electron chi connectivity index (χ0n) is 11.3. The van der Waals surface area contributed by atoms with Crippen LogP contribution in [-0.2, 0) is 16.0 Å². The highest BCUT2D eigenvalue weighted by atomic mass is 16.4. The minimum absolute atomic E-state index is 0.232. The van der Waals surface area contributed by atoms with Crippen molar-refractivity contribution in [3.05, 3.63) is 36.0 Å². The van der Waals surface area contributed by atoms with Gasteiger partial charge in [0.1, 0.15) is 6.04 Å². The highest BCUT2D eigenvalue weighted by molar-refractivity contribution is 5.85. The summed E-state index contributed by atoms with van der Waals surface area (Å²) in [5.41, 5.74) is 2.11. The first-order chi connectivity index (χ1) is 9.61. The first-order valence-corrected chi connectivity index (χ1v) is 6.69. The molecular formula is C15H18N2O3. The Morgan fingerprint density at radius 1 is 1.35 bits per heavy atom. The summed E-state index contributed by atoms with van der Waals surface area (Å²) in [4.78, 5) is 25.8. The summed E-state index contributed by atoms with van der Waals surface area (Å²) < 4.78 is 0. The number of aryl methyl sites for hydroxylation is 1. The maximum absolute atomic E-state index is 11.8. The van der Waals surface area contributed by atoms with Crippen molar-refractivity contribution in [2.24, 2.45) is 0 Å². The molecule has 2 rings (SSSR count). The predicted octanol–water partition coefficient (Wildman–Crippen LogP) is 2.08. The molecule has 0 aliphatic heterocycles. The largest absolute Gasteiger partial charge is 0.480 e. The molecule has 1 aromatic carbocycles. The topological polar surface area (TPSA) is 82.2 Å². The molecule has 3 N–H and O–H groups in total. The number of carbonyl (C=O) groups excluding carboxylic acids is 1. The number of H-pyrrole nitrogens is 1. The van der Waals surface area contributed by atoms with Crippen LogP contribution in [-0.4, -0.2) is 28.0 Å². The number of carboxylic acid groups (broad SMARTS) is 1. The summed E-state index contributed by atoms with van der Waals surface area (Å²) in [5, 5.41) is 12.5. The van der Waals surface area contributed by atoms with Gasteiger partial charge in [-0.2, -0.15) is 0 Å². The van der Waals surface area contributed by atoms with Gasteiger partial charge in [0.05, 0.1) is 0 Å². The number of aromatic nitrogens is 1. The fourth-order valence-corrected chi connectivity index (χ4v) is 2.19. The SMILES string of the molecule is CCC(NC(=O)CCc1c[nH]c2ccccc12)C(=O)O. The van der Waals surface area contributed by atoms with Gasteiger partial charge in [0.25, 0.3) is 0 Å². The first-order valence-electron chi connectivity index (χ1n) is 6.69. The second-order valence-corrected chi connectivity index (χ2v) is 4.73. The summed E-state index contributed by atoms with van der Waals surface area (Å²) in [6, 6.07) is 7.10. The van der Waals surface area contributed by atoms with Gasteiger partial charge in [-0.1, -0.05) is 25.1 Å². The molecule has 0 saturated carbocycles. The Morgan fingerprint density at radius 3 is 2.80 bits per heavy atom. The van der Waals surface area contributed by atoms with Crippen molar-refractivity contribution < 1.29 is 14.7 Å². The zero-order valence-corrected chi connectivity index (χ0v) is 11.3. The van der Waals surface area contributed by atoms with Crippen LogP contribution in [0.4, 0.5) is 0 Å². The summed E-state index contributed by atoms with van der Waals surface area (Å²) in [7, 11) is 0. The van der Waals surface area contributed by atoms with E-state index < -0.39 is 12.0 Å². The van der Waals surface area contributed by atoms with E-state index >= 15 is 0 Å². The third kappa shape index (κ3) is 3.17. The lowest BCUT2D eigenvalue weighted by molar-refractivity contribution is -0.141. The average molecular weight is 274 g/mol. The molecule has 5 nitrogen and oxygen atoms in total. The third-order valence-corrected chi connectivity index (χ3v) is 3.34. The van der Waals surface area contributed by atoms with Crippen LogP contribution in [0.25, 0.3) is 10.9 Å². The van der Waals surface area contributed by atoms with Crippen LogP contribution >= 0.6 is 0 Å². The molecule has 1 heterocycles. The van der Waals surface area contributed by atoms with Gasteiger partial charge in [-0.05, 0) is 24.5 Å². The van der Waals surface area contributed by atoms with Crippen molar-refractivity contribution in [1.82, 2.24) is 10.3 Å². The minimum Gasteiger partial charge on any atom is -0.480 e. The molecule has 1 atom stereocenters. The number of hydrogen-bond acceptors (Lipinski definition) is 2. The third-order valence-electron chi connectivity index (χ3n) is 3.34. The number of hydrogen-bond donors (Lipinski definition) is 3. The molecule has 2 aromatic rings. The molecule has 106 valence electrons. The van der Waals surface area contributed by atoms with Crippen molar-refractivity contribution in [3.8, 4) is 0 Å². The molecular weight excluding hydrogens is 256 g/mol. The average Bonchev–Trinajstić information content (AvgIpc) is 2.85. The van der Waals surface area contributed by atoms with Crippen LogP contribution in [0.15, 0.2) is 30.5 Å². The summed E-state index contributed by atoms with van der Waals surface area (Å²) in [6.45, 7) is 1.73. The Kier molecular flexibility index (Phi) is 4.40. The van der Waals surface area contributed by atoms with E-state index in [0.717, 1.165) is 16.5 Å². The Bertz CT molecular complexity index is 618. The second kappa shape index (κ2) is 6.23. The van der Waals surface area contributed by atoms with Gasteiger partial charge in [-0.15, -0.1) is 0 Å². The highest BCUT2D eigenvalue weighted by Gasteiger charge is 2.17. The van der Waals surface area contributed by atoms with E-state index in [1.165, 1.54) is 0 Å². The number of rotatable bonds is 6. The van der Waals surface area contributed by atoms with Crippen molar-refractivity contribution in [3.63, 3.8) is 0 Å². The van der Waals surface area contributed by atoms with E-state index in [4.69, 9.17) is 5.11 Å². The fraction of sp³-hybridized carbons (Fsp3) is 0.333. The number of nitrogens with one attached hydrogen (secondary N) is 2. The van der Waals surface area contributed by atoms with Gasteiger partial charge < -0.3 is 15.4 Å². The van der Waals surface area contributed by atoms with Crippen molar-refractivity contribution in [1.29, 1.82) is 0 Å². The first kappa shape index (κ1) is 14.1. The monoisotopic (exact) mass is 274 g/mol. The molecule has 0 aliphatic carbocycles. The minimum atomic E-state index is -0.993. The summed E-state index contributed by atoms with van der Waals surface area (Å²) in [6.07, 6.45) is 3.15. The molecule has 1 amide bonds. The molecule has 0 spiro atoms. The van der Waals surface area contributed by atoms with Crippen molar-refractivity contribution in [2.75, 3.05) is 0 Å². The Hall–Kier alpha value is -2.30. The molecule has 1 aromatic heterocycles. The number of fused-ring (bicyclic) bond motifs is 1. The van der Waals surface area contributed by atoms with E-state index in [0.29, 0.717) is 12.8 Å². The Balaban J connectivity index is 1.95. The molecule has 0 radical (unpaired) electrons. The number of amides is 1. The standard InChI is InChI=1S/C15H18N2O3/c1-2-12(15(19)20)17-14(18)8-7-10-9-16-13-6-4-3-5-11(10)13/h3-6,9,12,16H,2,7-8H2,1H3,(H,17,18)(H,19,20). The van der Waals surface area contributed by atoms with E-state index in [1.54, 1.807) is 6.92 Å². The van der Waals surface area contributed by atoms with E-state index in [9.17, 15) is 9.59 Å².